The summed E-state index contributed by atoms with van der Waals surface area (Å²) in [6, 6.07) is 1.97. The van der Waals surface area contributed by atoms with E-state index in [4.69, 9.17) is 11.6 Å². The highest BCUT2D eigenvalue weighted by atomic mass is 35.5. The molecule has 1 atom stereocenters. The Kier molecular flexibility index (Phi) is 4.55. The SMILES string of the molecule is CCCN(C(=O)c1ccncc1Cl)[C@@H]1CCNC1. The molecule has 1 aromatic heterocycles. The van der Waals surface area contributed by atoms with Gasteiger partial charge in [0.1, 0.15) is 0 Å². The van der Waals surface area contributed by atoms with E-state index in [0.29, 0.717) is 10.6 Å². The summed E-state index contributed by atoms with van der Waals surface area (Å²) in [6.45, 7) is 4.69. The summed E-state index contributed by atoms with van der Waals surface area (Å²) >= 11 is 6.04. The van der Waals surface area contributed by atoms with E-state index in [-0.39, 0.29) is 11.9 Å². The van der Waals surface area contributed by atoms with Crippen molar-refractivity contribution in [2.24, 2.45) is 0 Å². The zero-order valence-corrected chi connectivity index (χ0v) is 11.3. The van der Waals surface area contributed by atoms with Gasteiger partial charge in [-0.3, -0.25) is 9.78 Å². The molecule has 0 unspecified atom stereocenters. The van der Waals surface area contributed by atoms with Crippen LogP contribution in [0.25, 0.3) is 0 Å². The molecule has 2 rings (SSSR count). The second kappa shape index (κ2) is 6.16. The van der Waals surface area contributed by atoms with Gasteiger partial charge in [0, 0.05) is 31.5 Å². The minimum absolute atomic E-state index is 0.0120. The summed E-state index contributed by atoms with van der Waals surface area (Å²) in [5.41, 5.74) is 0.548. The highest BCUT2D eigenvalue weighted by Crippen LogP contribution is 2.19. The smallest absolute Gasteiger partial charge is 0.255 e. The molecule has 0 bridgehead atoms. The summed E-state index contributed by atoms with van der Waals surface area (Å²) < 4.78 is 0. The van der Waals surface area contributed by atoms with Crippen LogP contribution in [0.2, 0.25) is 5.02 Å². The Bertz CT molecular complexity index is 418. The number of pyridine rings is 1. The third-order valence-corrected chi connectivity index (χ3v) is 3.50. The number of rotatable bonds is 4. The summed E-state index contributed by atoms with van der Waals surface area (Å²) in [7, 11) is 0. The van der Waals surface area contributed by atoms with E-state index >= 15 is 0 Å². The average Bonchev–Trinajstić information content (AvgIpc) is 2.89. The van der Waals surface area contributed by atoms with Crippen molar-refractivity contribution in [2.45, 2.75) is 25.8 Å². The summed E-state index contributed by atoms with van der Waals surface area (Å²) in [5, 5.41) is 3.72. The van der Waals surface area contributed by atoms with Crippen LogP contribution in [0.1, 0.15) is 30.1 Å². The predicted molar refractivity (Wildman–Crippen MR) is 71.8 cm³/mol. The van der Waals surface area contributed by atoms with E-state index in [1.807, 2.05) is 4.90 Å². The molecule has 0 aliphatic carbocycles. The molecule has 0 radical (unpaired) electrons. The quantitative estimate of drug-likeness (QED) is 0.907. The minimum Gasteiger partial charge on any atom is -0.334 e. The van der Waals surface area contributed by atoms with Crippen LogP contribution in [0.5, 0.6) is 0 Å². The van der Waals surface area contributed by atoms with E-state index in [1.54, 1.807) is 12.3 Å². The lowest BCUT2D eigenvalue weighted by molar-refractivity contribution is 0.0692. The molecule has 1 N–H and O–H groups in total. The molecule has 1 saturated heterocycles. The van der Waals surface area contributed by atoms with Crippen LogP contribution in [0.15, 0.2) is 18.5 Å². The van der Waals surface area contributed by atoms with Gasteiger partial charge in [0.15, 0.2) is 0 Å². The standard InChI is InChI=1S/C13H18ClN3O/c1-2-7-17(10-3-5-15-8-10)13(18)11-4-6-16-9-12(11)14/h4,6,9-10,15H,2-3,5,7-8H2,1H3/t10-/m1/s1. The predicted octanol–water partition coefficient (Wildman–Crippen LogP) is 1.95. The molecule has 0 spiro atoms. The van der Waals surface area contributed by atoms with Crippen molar-refractivity contribution in [3.63, 3.8) is 0 Å². The van der Waals surface area contributed by atoms with Gasteiger partial charge in [-0.1, -0.05) is 18.5 Å². The summed E-state index contributed by atoms with van der Waals surface area (Å²) in [5.74, 6) is 0.0120. The molecular weight excluding hydrogens is 250 g/mol. The van der Waals surface area contributed by atoms with Crippen LogP contribution < -0.4 is 5.32 Å². The van der Waals surface area contributed by atoms with Crippen molar-refractivity contribution >= 4 is 17.5 Å². The van der Waals surface area contributed by atoms with Gasteiger partial charge in [-0.15, -0.1) is 0 Å². The van der Waals surface area contributed by atoms with E-state index in [2.05, 4.69) is 17.2 Å². The molecule has 0 aromatic carbocycles. The molecule has 1 fully saturated rings. The zero-order valence-electron chi connectivity index (χ0n) is 10.5. The van der Waals surface area contributed by atoms with Crippen LogP contribution in [0.4, 0.5) is 0 Å². The number of carbonyl (C=O) groups excluding carboxylic acids is 1. The number of halogens is 1. The van der Waals surface area contributed by atoms with Gasteiger partial charge in [0.2, 0.25) is 0 Å². The van der Waals surface area contributed by atoms with Gasteiger partial charge >= 0.3 is 0 Å². The Balaban J connectivity index is 2.20. The molecular formula is C13H18ClN3O. The number of carbonyl (C=O) groups is 1. The number of amides is 1. The maximum absolute atomic E-state index is 12.5. The van der Waals surface area contributed by atoms with E-state index < -0.39 is 0 Å². The molecule has 1 amide bonds. The first-order chi connectivity index (χ1) is 8.74. The fraction of sp³-hybridized carbons (Fsp3) is 0.538. The van der Waals surface area contributed by atoms with E-state index in [1.165, 1.54) is 6.20 Å². The van der Waals surface area contributed by atoms with Crippen molar-refractivity contribution in [2.75, 3.05) is 19.6 Å². The summed E-state index contributed by atoms with van der Waals surface area (Å²) in [6.07, 6.45) is 5.08. The molecule has 1 aliphatic heterocycles. The normalized spacial score (nSPS) is 18.9. The number of nitrogens with one attached hydrogen (secondary N) is 1. The molecule has 98 valence electrons. The Morgan fingerprint density at radius 3 is 3.11 bits per heavy atom. The zero-order chi connectivity index (χ0) is 13.0. The number of aromatic nitrogens is 1. The summed E-state index contributed by atoms with van der Waals surface area (Å²) in [4.78, 5) is 18.4. The van der Waals surface area contributed by atoms with Gasteiger partial charge in [-0.05, 0) is 25.5 Å². The van der Waals surface area contributed by atoms with Gasteiger partial charge in [-0.25, -0.2) is 0 Å². The Labute approximate surface area is 112 Å². The van der Waals surface area contributed by atoms with Gasteiger partial charge in [0.05, 0.1) is 10.6 Å². The highest BCUT2D eigenvalue weighted by molar-refractivity contribution is 6.33. The molecule has 4 nitrogen and oxygen atoms in total. The maximum Gasteiger partial charge on any atom is 0.255 e. The fourth-order valence-electron chi connectivity index (χ4n) is 2.30. The number of hydrogen-bond donors (Lipinski definition) is 1. The van der Waals surface area contributed by atoms with Crippen LogP contribution in [-0.2, 0) is 0 Å². The van der Waals surface area contributed by atoms with Crippen molar-refractivity contribution < 1.29 is 4.79 Å². The molecule has 5 heteroatoms. The maximum atomic E-state index is 12.5. The van der Waals surface area contributed by atoms with Gasteiger partial charge in [0.25, 0.3) is 5.91 Å². The van der Waals surface area contributed by atoms with E-state index in [9.17, 15) is 4.79 Å². The lowest BCUT2D eigenvalue weighted by atomic mass is 10.1. The number of hydrogen-bond acceptors (Lipinski definition) is 3. The first-order valence-corrected chi connectivity index (χ1v) is 6.73. The third kappa shape index (κ3) is 2.82. The monoisotopic (exact) mass is 267 g/mol. The Hall–Kier alpha value is -1.13. The first kappa shape index (κ1) is 13.3. The van der Waals surface area contributed by atoms with Gasteiger partial charge < -0.3 is 10.2 Å². The molecule has 18 heavy (non-hydrogen) atoms. The average molecular weight is 268 g/mol. The first-order valence-electron chi connectivity index (χ1n) is 6.35. The lowest BCUT2D eigenvalue weighted by Crippen LogP contribution is -2.42. The fourth-order valence-corrected chi connectivity index (χ4v) is 2.50. The van der Waals surface area contributed by atoms with Crippen molar-refractivity contribution in [3.8, 4) is 0 Å². The van der Waals surface area contributed by atoms with E-state index in [0.717, 1.165) is 32.5 Å². The van der Waals surface area contributed by atoms with Crippen molar-refractivity contribution in [3.05, 3.63) is 29.0 Å². The topological polar surface area (TPSA) is 45.2 Å². The van der Waals surface area contributed by atoms with Crippen LogP contribution in [0, 0.1) is 0 Å². The largest absolute Gasteiger partial charge is 0.334 e. The van der Waals surface area contributed by atoms with Crippen molar-refractivity contribution in [1.82, 2.24) is 15.2 Å². The highest BCUT2D eigenvalue weighted by Gasteiger charge is 2.27. The Morgan fingerprint density at radius 2 is 2.50 bits per heavy atom. The number of nitrogens with zero attached hydrogens (tertiary/aromatic N) is 2. The molecule has 0 saturated carbocycles. The Morgan fingerprint density at radius 1 is 1.67 bits per heavy atom. The third-order valence-electron chi connectivity index (χ3n) is 3.20. The molecule has 1 aromatic rings. The lowest BCUT2D eigenvalue weighted by Gasteiger charge is -2.28. The van der Waals surface area contributed by atoms with Crippen LogP contribution in [-0.4, -0.2) is 41.5 Å². The molecule has 2 heterocycles. The second-order valence-corrected chi connectivity index (χ2v) is 4.91. The second-order valence-electron chi connectivity index (χ2n) is 4.50. The molecule has 1 aliphatic rings. The minimum atomic E-state index is 0.0120. The van der Waals surface area contributed by atoms with Crippen molar-refractivity contribution in [1.29, 1.82) is 0 Å². The van der Waals surface area contributed by atoms with Crippen LogP contribution >= 0.6 is 11.6 Å². The van der Waals surface area contributed by atoms with Gasteiger partial charge in [-0.2, -0.15) is 0 Å². The van der Waals surface area contributed by atoms with Crippen LogP contribution in [0.3, 0.4) is 0 Å².